The van der Waals surface area contributed by atoms with E-state index < -0.39 is 0 Å². The van der Waals surface area contributed by atoms with Gasteiger partial charge >= 0.3 is 0 Å². The van der Waals surface area contributed by atoms with Crippen LogP contribution in [0.25, 0.3) is 0 Å². The van der Waals surface area contributed by atoms with Crippen molar-refractivity contribution in [1.29, 1.82) is 0 Å². The van der Waals surface area contributed by atoms with Gasteiger partial charge in [-0.05, 0) is 50.9 Å². The van der Waals surface area contributed by atoms with Crippen LogP contribution in [0, 0.1) is 17.8 Å². The molecule has 0 saturated heterocycles. The third kappa shape index (κ3) is 3.56. The molecule has 0 atom stereocenters. The molecule has 0 radical (unpaired) electrons. The predicted molar refractivity (Wildman–Crippen MR) is 86.2 cm³/mol. The molecule has 1 aliphatic carbocycles. The number of aromatic nitrogens is 2. The maximum Gasteiger partial charge on any atom is 0.203 e. The van der Waals surface area contributed by atoms with Crippen LogP contribution in [0.1, 0.15) is 72.5 Å². The van der Waals surface area contributed by atoms with E-state index in [0.717, 1.165) is 11.6 Å². The zero-order chi connectivity index (χ0) is 15.1. The Morgan fingerprint density at radius 3 is 2.25 bits per heavy atom. The molecule has 3 heteroatoms. The van der Waals surface area contributed by atoms with Gasteiger partial charge in [-0.2, -0.15) is 0 Å². The first-order valence-corrected chi connectivity index (χ1v) is 7.90. The fourth-order valence-corrected chi connectivity index (χ4v) is 4.14. The van der Waals surface area contributed by atoms with Crippen LogP contribution in [0.5, 0.6) is 0 Å². The Kier molecular flexibility index (Phi) is 3.92. The van der Waals surface area contributed by atoms with Crippen LogP contribution >= 0.6 is 0 Å². The Bertz CT molecular complexity index is 453. The van der Waals surface area contributed by atoms with Crippen molar-refractivity contribution in [3.63, 3.8) is 0 Å². The number of nitrogens with one attached hydrogen (secondary N) is 1. The molecule has 2 rings (SSSR count). The van der Waals surface area contributed by atoms with E-state index in [1.165, 1.54) is 19.3 Å². The molecule has 20 heavy (non-hydrogen) atoms. The van der Waals surface area contributed by atoms with Gasteiger partial charge in [-0.25, -0.2) is 4.98 Å². The predicted octanol–water partition coefficient (Wildman–Crippen LogP) is 4.79. The Balaban J connectivity index is 2.30. The molecule has 3 nitrogen and oxygen atoms in total. The molecule has 1 saturated carbocycles. The Hall–Kier alpha value is -0.990. The quantitative estimate of drug-likeness (QED) is 0.861. The maximum absolute atomic E-state index is 4.67. The Morgan fingerprint density at radius 1 is 1.20 bits per heavy atom. The molecule has 1 N–H and O–H groups in total. The fraction of sp³-hybridized carbons (Fsp3) is 0.824. The van der Waals surface area contributed by atoms with Gasteiger partial charge < -0.3 is 9.88 Å². The third-order valence-corrected chi connectivity index (χ3v) is 4.20. The van der Waals surface area contributed by atoms with E-state index in [9.17, 15) is 0 Å². The first-order valence-electron chi connectivity index (χ1n) is 7.90. The lowest BCUT2D eigenvalue weighted by molar-refractivity contribution is 0.0730. The van der Waals surface area contributed by atoms with E-state index >= 15 is 0 Å². The summed E-state index contributed by atoms with van der Waals surface area (Å²) in [7, 11) is 0. The molecule has 114 valence electrons. The van der Waals surface area contributed by atoms with Crippen LogP contribution in [0.15, 0.2) is 6.20 Å². The molecule has 0 aliphatic heterocycles. The molecule has 1 aromatic rings. The van der Waals surface area contributed by atoms with Gasteiger partial charge in [0.15, 0.2) is 0 Å². The second kappa shape index (κ2) is 5.09. The average Bonchev–Trinajstić information content (AvgIpc) is 2.53. The van der Waals surface area contributed by atoms with E-state index in [4.69, 9.17) is 0 Å². The summed E-state index contributed by atoms with van der Waals surface area (Å²) in [5, 5.41) is 3.50. The van der Waals surface area contributed by atoms with Crippen LogP contribution in [0.2, 0.25) is 0 Å². The van der Waals surface area contributed by atoms with Crippen LogP contribution in [-0.4, -0.2) is 15.6 Å². The summed E-state index contributed by atoms with van der Waals surface area (Å²) in [5.41, 5.74) is 1.91. The average molecular weight is 277 g/mol. The minimum Gasteiger partial charge on any atom is -0.353 e. The minimum atomic E-state index is 0.402. The summed E-state index contributed by atoms with van der Waals surface area (Å²) < 4.78 is 2.39. The van der Waals surface area contributed by atoms with Crippen molar-refractivity contribution in [2.75, 3.05) is 5.32 Å². The molecule has 1 fully saturated rings. The number of aryl methyl sites for hydroxylation is 1. The lowest BCUT2D eigenvalue weighted by Gasteiger charge is -2.45. The molecule has 1 heterocycles. The summed E-state index contributed by atoms with van der Waals surface area (Å²) in [4.78, 5) is 4.67. The summed E-state index contributed by atoms with van der Waals surface area (Å²) in [6.07, 6.45) is 5.99. The molecule has 0 spiro atoms. The van der Waals surface area contributed by atoms with Crippen LogP contribution in [0.3, 0.4) is 0 Å². The summed E-state index contributed by atoms with van der Waals surface area (Å²) in [5.74, 6) is 1.04. The number of anilines is 1. The van der Waals surface area contributed by atoms with Gasteiger partial charge in [0, 0.05) is 18.3 Å². The van der Waals surface area contributed by atoms with Gasteiger partial charge in [-0.1, -0.05) is 27.7 Å². The first kappa shape index (κ1) is 15.4. The van der Waals surface area contributed by atoms with Crippen LogP contribution in [-0.2, 0) is 0 Å². The summed E-state index contributed by atoms with van der Waals surface area (Å²) >= 11 is 0. The monoisotopic (exact) mass is 277 g/mol. The van der Waals surface area contributed by atoms with Gasteiger partial charge in [0.1, 0.15) is 0 Å². The Morgan fingerprint density at radius 2 is 1.75 bits per heavy atom. The molecular formula is C17H31N3. The number of rotatable bonds is 3. The van der Waals surface area contributed by atoms with E-state index in [1.54, 1.807) is 0 Å². The third-order valence-electron chi connectivity index (χ3n) is 4.20. The number of hydrogen-bond acceptors (Lipinski definition) is 2. The van der Waals surface area contributed by atoms with Crippen LogP contribution in [0.4, 0.5) is 5.95 Å². The molecule has 0 aromatic carbocycles. The number of nitrogens with zero attached hydrogens (tertiary/aromatic N) is 2. The zero-order valence-electron chi connectivity index (χ0n) is 14.2. The topological polar surface area (TPSA) is 29.9 Å². The van der Waals surface area contributed by atoms with E-state index in [0.29, 0.717) is 22.9 Å². The molecule has 0 amide bonds. The lowest BCUT2D eigenvalue weighted by Crippen LogP contribution is -2.35. The van der Waals surface area contributed by atoms with Crippen molar-refractivity contribution in [2.45, 2.75) is 79.8 Å². The second-order valence-corrected chi connectivity index (χ2v) is 8.48. The second-order valence-electron chi connectivity index (χ2n) is 8.48. The normalized spacial score (nSPS) is 22.2. The molecule has 1 aliphatic rings. The highest BCUT2D eigenvalue weighted by Gasteiger charge is 2.39. The standard InChI is InChI=1S/C17H31N3/c1-12(2)18-15-19-13(3)10-20(15)14-8-16(4,5)11-17(6,7)9-14/h10,12,14H,8-9,11H2,1-7H3,(H,18,19). The van der Waals surface area contributed by atoms with Crippen LogP contribution < -0.4 is 5.32 Å². The number of hydrogen-bond donors (Lipinski definition) is 1. The highest BCUT2D eigenvalue weighted by atomic mass is 15.2. The minimum absolute atomic E-state index is 0.402. The maximum atomic E-state index is 4.67. The van der Waals surface area contributed by atoms with E-state index in [2.05, 4.69) is 69.5 Å². The van der Waals surface area contributed by atoms with Crippen molar-refractivity contribution in [3.8, 4) is 0 Å². The highest BCUT2D eigenvalue weighted by Crippen LogP contribution is 2.50. The van der Waals surface area contributed by atoms with Gasteiger partial charge in [-0.15, -0.1) is 0 Å². The van der Waals surface area contributed by atoms with Crippen molar-refractivity contribution >= 4 is 5.95 Å². The first-order chi connectivity index (χ1) is 9.08. The SMILES string of the molecule is Cc1cn(C2CC(C)(C)CC(C)(C)C2)c(NC(C)C)n1. The molecule has 0 bridgehead atoms. The van der Waals surface area contributed by atoms with E-state index in [-0.39, 0.29) is 0 Å². The van der Waals surface area contributed by atoms with Crippen molar-refractivity contribution in [2.24, 2.45) is 10.8 Å². The van der Waals surface area contributed by atoms with Gasteiger partial charge in [0.25, 0.3) is 0 Å². The summed E-state index contributed by atoms with van der Waals surface area (Å²) in [6.45, 7) is 16.0. The summed E-state index contributed by atoms with van der Waals surface area (Å²) in [6, 6.07) is 0.969. The molecular weight excluding hydrogens is 246 g/mol. The van der Waals surface area contributed by atoms with E-state index in [1.807, 2.05) is 0 Å². The van der Waals surface area contributed by atoms with Gasteiger partial charge in [0.2, 0.25) is 5.95 Å². The highest BCUT2D eigenvalue weighted by molar-refractivity contribution is 5.31. The van der Waals surface area contributed by atoms with Crippen molar-refractivity contribution < 1.29 is 0 Å². The lowest BCUT2D eigenvalue weighted by atomic mass is 9.63. The molecule has 0 unspecified atom stereocenters. The largest absolute Gasteiger partial charge is 0.353 e. The fourth-order valence-electron chi connectivity index (χ4n) is 4.14. The van der Waals surface area contributed by atoms with Crippen molar-refractivity contribution in [1.82, 2.24) is 9.55 Å². The zero-order valence-corrected chi connectivity index (χ0v) is 14.2. The van der Waals surface area contributed by atoms with Crippen molar-refractivity contribution in [3.05, 3.63) is 11.9 Å². The Labute approximate surface area is 124 Å². The van der Waals surface area contributed by atoms with Gasteiger partial charge in [0.05, 0.1) is 5.69 Å². The smallest absolute Gasteiger partial charge is 0.203 e. The number of imidazole rings is 1. The molecule has 1 aromatic heterocycles. The van der Waals surface area contributed by atoms with Gasteiger partial charge in [-0.3, -0.25) is 0 Å².